The van der Waals surface area contributed by atoms with Crippen LogP contribution in [-0.4, -0.2) is 53.5 Å². The summed E-state index contributed by atoms with van der Waals surface area (Å²) < 4.78 is 13.6. The summed E-state index contributed by atoms with van der Waals surface area (Å²) in [6.07, 6.45) is 6.61. The molecule has 3 rings (SSSR count). The molecule has 148 valence electrons. The van der Waals surface area contributed by atoms with Crippen molar-refractivity contribution in [3.8, 4) is 0 Å². The molecule has 0 aromatic heterocycles. The summed E-state index contributed by atoms with van der Waals surface area (Å²) in [7, 11) is 0. The Morgan fingerprint density at radius 2 is 1.63 bits per heavy atom. The number of piperidine rings is 1. The summed E-state index contributed by atoms with van der Waals surface area (Å²) in [5.41, 5.74) is 0. The highest BCUT2D eigenvalue weighted by atomic mass is 32.2. The number of nitrogens with zero attached hydrogens (tertiary/aromatic N) is 2. The minimum atomic E-state index is -0.234. The lowest BCUT2D eigenvalue weighted by Gasteiger charge is -2.34. The predicted molar refractivity (Wildman–Crippen MR) is 106 cm³/mol. The first kappa shape index (κ1) is 20.2. The van der Waals surface area contributed by atoms with Gasteiger partial charge >= 0.3 is 0 Å². The van der Waals surface area contributed by atoms with Crippen LogP contribution in [0.2, 0.25) is 0 Å². The number of halogens is 1. The van der Waals surface area contributed by atoms with Gasteiger partial charge in [0.1, 0.15) is 5.82 Å². The molecule has 0 N–H and O–H groups in total. The molecule has 2 aliphatic heterocycles. The van der Waals surface area contributed by atoms with E-state index < -0.39 is 0 Å². The molecule has 0 bridgehead atoms. The minimum absolute atomic E-state index is 0.0694. The van der Waals surface area contributed by atoms with Crippen LogP contribution in [0.25, 0.3) is 0 Å². The third-order valence-corrected chi connectivity index (χ3v) is 6.58. The van der Waals surface area contributed by atoms with Gasteiger partial charge in [-0.3, -0.25) is 9.59 Å². The van der Waals surface area contributed by atoms with E-state index in [1.807, 2.05) is 9.80 Å². The van der Waals surface area contributed by atoms with E-state index in [-0.39, 0.29) is 17.6 Å². The van der Waals surface area contributed by atoms with Gasteiger partial charge in [0.25, 0.3) is 0 Å². The summed E-state index contributed by atoms with van der Waals surface area (Å²) in [6, 6.07) is 6.65. The molecule has 2 saturated heterocycles. The van der Waals surface area contributed by atoms with Gasteiger partial charge in [-0.2, -0.15) is 0 Å². The minimum Gasteiger partial charge on any atom is -0.343 e. The number of benzene rings is 1. The van der Waals surface area contributed by atoms with E-state index in [1.165, 1.54) is 30.7 Å². The van der Waals surface area contributed by atoms with Gasteiger partial charge in [-0.1, -0.05) is 25.0 Å². The fourth-order valence-corrected chi connectivity index (χ4v) is 4.77. The topological polar surface area (TPSA) is 40.6 Å². The van der Waals surface area contributed by atoms with Gasteiger partial charge in [0, 0.05) is 49.2 Å². The Bertz CT molecular complexity index is 639. The molecular formula is C21H29FN2O2S. The van der Waals surface area contributed by atoms with Gasteiger partial charge < -0.3 is 9.80 Å². The molecule has 27 heavy (non-hydrogen) atoms. The van der Waals surface area contributed by atoms with Gasteiger partial charge in [0.15, 0.2) is 0 Å². The molecule has 0 atom stereocenters. The molecule has 4 nitrogen and oxygen atoms in total. The molecule has 2 amide bonds. The highest BCUT2D eigenvalue weighted by molar-refractivity contribution is 7.99. The Morgan fingerprint density at radius 1 is 0.963 bits per heavy atom. The number of hydrogen-bond acceptors (Lipinski definition) is 3. The van der Waals surface area contributed by atoms with Crippen molar-refractivity contribution in [1.82, 2.24) is 9.80 Å². The Labute approximate surface area is 165 Å². The second kappa shape index (κ2) is 10.1. The van der Waals surface area contributed by atoms with Crippen LogP contribution in [0, 0.1) is 11.7 Å². The van der Waals surface area contributed by atoms with E-state index in [0.29, 0.717) is 36.1 Å². The maximum absolute atomic E-state index is 13.6. The fourth-order valence-electron chi connectivity index (χ4n) is 3.89. The zero-order valence-corrected chi connectivity index (χ0v) is 16.7. The Kier molecular flexibility index (Phi) is 7.56. The standard InChI is InChI=1S/C21H29FN2O2S/c22-18-7-3-4-8-19(18)27-16-11-20(25)23-14-9-17(10-15-23)21(26)24-12-5-1-2-6-13-24/h3-4,7-8,17H,1-2,5-6,9-16H2. The van der Waals surface area contributed by atoms with Crippen molar-refractivity contribution in [3.63, 3.8) is 0 Å². The van der Waals surface area contributed by atoms with Crippen LogP contribution in [0.5, 0.6) is 0 Å². The molecule has 1 aromatic carbocycles. The molecule has 0 saturated carbocycles. The zero-order chi connectivity index (χ0) is 19.1. The molecule has 2 heterocycles. The lowest BCUT2D eigenvalue weighted by Crippen LogP contribution is -2.44. The first-order chi connectivity index (χ1) is 13.1. The first-order valence-corrected chi connectivity index (χ1v) is 11.1. The average molecular weight is 393 g/mol. The van der Waals surface area contributed by atoms with Crippen LogP contribution in [0.3, 0.4) is 0 Å². The SMILES string of the molecule is O=C(CCSc1ccccc1F)N1CCC(C(=O)N2CCCCCC2)CC1. The van der Waals surface area contributed by atoms with E-state index >= 15 is 0 Å². The van der Waals surface area contributed by atoms with Crippen molar-refractivity contribution in [2.45, 2.75) is 49.8 Å². The summed E-state index contributed by atoms with van der Waals surface area (Å²) in [5.74, 6) is 0.813. The van der Waals surface area contributed by atoms with Gasteiger partial charge in [-0.05, 0) is 37.8 Å². The molecule has 2 fully saturated rings. The van der Waals surface area contributed by atoms with E-state index in [0.717, 1.165) is 38.8 Å². The third kappa shape index (κ3) is 5.71. The average Bonchev–Trinajstić information content (AvgIpc) is 2.98. The summed E-state index contributed by atoms with van der Waals surface area (Å²) in [6.45, 7) is 3.11. The molecule has 1 aromatic rings. The van der Waals surface area contributed by atoms with Gasteiger partial charge in [0.2, 0.25) is 11.8 Å². The summed E-state index contributed by atoms with van der Waals surface area (Å²) in [5, 5.41) is 0. The number of carbonyl (C=O) groups excluding carboxylic acids is 2. The maximum atomic E-state index is 13.6. The highest BCUT2D eigenvalue weighted by Crippen LogP contribution is 2.24. The van der Waals surface area contributed by atoms with Crippen LogP contribution in [-0.2, 0) is 9.59 Å². The molecule has 0 spiro atoms. The molecule has 0 unspecified atom stereocenters. The summed E-state index contributed by atoms with van der Waals surface area (Å²) in [4.78, 5) is 29.6. The van der Waals surface area contributed by atoms with Crippen LogP contribution in [0.15, 0.2) is 29.2 Å². The molecule has 6 heteroatoms. The van der Waals surface area contributed by atoms with E-state index in [2.05, 4.69) is 0 Å². The predicted octanol–water partition coefficient (Wildman–Crippen LogP) is 3.95. The molecule has 0 radical (unpaired) electrons. The van der Waals surface area contributed by atoms with Crippen LogP contribution < -0.4 is 0 Å². The smallest absolute Gasteiger partial charge is 0.225 e. The third-order valence-electron chi connectivity index (χ3n) is 5.52. The van der Waals surface area contributed by atoms with Crippen molar-refractivity contribution in [2.75, 3.05) is 31.9 Å². The van der Waals surface area contributed by atoms with Gasteiger partial charge in [-0.25, -0.2) is 4.39 Å². The number of likely N-dealkylation sites (tertiary alicyclic amines) is 2. The van der Waals surface area contributed by atoms with Crippen molar-refractivity contribution in [3.05, 3.63) is 30.1 Å². The van der Waals surface area contributed by atoms with E-state index in [1.54, 1.807) is 18.2 Å². The molecular weight excluding hydrogens is 363 g/mol. The lowest BCUT2D eigenvalue weighted by molar-refractivity contribution is -0.140. The first-order valence-electron chi connectivity index (χ1n) is 10.1. The van der Waals surface area contributed by atoms with Crippen LogP contribution in [0.1, 0.15) is 44.9 Å². The maximum Gasteiger partial charge on any atom is 0.225 e. The number of amides is 2. The number of hydrogen-bond donors (Lipinski definition) is 0. The van der Waals surface area contributed by atoms with Gasteiger partial charge in [0.05, 0.1) is 0 Å². The Hall–Kier alpha value is -1.56. The largest absolute Gasteiger partial charge is 0.343 e. The van der Waals surface area contributed by atoms with E-state index in [4.69, 9.17) is 0 Å². The molecule has 0 aliphatic carbocycles. The van der Waals surface area contributed by atoms with Crippen LogP contribution >= 0.6 is 11.8 Å². The van der Waals surface area contributed by atoms with Crippen molar-refractivity contribution >= 4 is 23.6 Å². The quantitative estimate of drug-likeness (QED) is 0.713. The van der Waals surface area contributed by atoms with Gasteiger partial charge in [-0.15, -0.1) is 11.8 Å². The molecule has 2 aliphatic rings. The Balaban J connectivity index is 1.39. The van der Waals surface area contributed by atoms with Crippen molar-refractivity contribution in [1.29, 1.82) is 0 Å². The second-order valence-corrected chi connectivity index (χ2v) is 8.56. The second-order valence-electron chi connectivity index (χ2n) is 7.42. The number of thioether (sulfide) groups is 1. The van der Waals surface area contributed by atoms with Crippen molar-refractivity contribution in [2.24, 2.45) is 5.92 Å². The lowest BCUT2D eigenvalue weighted by atomic mass is 9.95. The summed E-state index contributed by atoms with van der Waals surface area (Å²) >= 11 is 1.38. The number of carbonyl (C=O) groups is 2. The fraction of sp³-hybridized carbons (Fsp3) is 0.619. The monoisotopic (exact) mass is 392 g/mol. The highest BCUT2D eigenvalue weighted by Gasteiger charge is 2.30. The normalized spacial score (nSPS) is 19.0. The van der Waals surface area contributed by atoms with E-state index in [9.17, 15) is 14.0 Å². The zero-order valence-electron chi connectivity index (χ0n) is 15.9. The number of rotatable bonds is 5. The Morgan fingerprint density at radius 3 is 2.30 bits per heavy atom. The van der Waals surface area contributed by atoms with Crippen molar-refractivity contribution < 1.29 is 14.0 Å². The van der Waals surface area contributed by atoms with Crippen LogP contribution in [0.4, 0.5) is 4.39 Å².